The maximum atomic E-state index is 12.9. The van der Waals surface area contributed by atoms with Gasteiger partial charge in [-0.1, -0.05) is 13.8 Å². The van der Waals surface area contributed by atoms with Crippen molar-refractivity contribution in [2.45, 2.75) is 20.8 Å². The Morgan fingerprint density at radius 1 is 1.29 bits per heavy atom. The van der Waals surface area contributed by atoms with Gasteiger partial charge in [-0.3, -0.25) is 4.68 Å². The molecule has 0 radical (unpaired) electrons. The second-order valence-corrected chi connectivity index (χ2v) is 2.76. The Kier molecular flexibility index (Phi) is 3.17. The number of rotatable bonds is 0. The van der Waals surface area contributed by atoms with Gasteiger partial charge < -0.3 is 0 Å². The van der Waals surface area contributed by atoms with Gasteiger partial charge in [-0.05, 0) is 6.92 Å². The number of hydrogen-bond acceptors (Lipinski definition) is 2. The lowest BCUT2D eigenvalue weighted by Gasteiger charge is -1.92. The normalized spacial score (nSPS) is 9.79. The van der Waals surface area contributed by atoms with Crippen molar-refractivity contribution in [1.29, 1.82) is 0 Å². The van der Waals surface area contributed by atoms with Gasteiger partial charge in [-0.2, -0.15) is 5.10 Å². The van der Waals surface area contributed by atoms with E-state index in [0.717, 1.165) is 5.52 Å². The molecule has 2 aromatic rings. The molecule has 0 saturated heterocycles. The summed E-state index contributed by atoms with van der Waals surface area (Å²) in [5.74, 6) is -0.304. The minimum atomic E-state index is -0.304. The molecule has 0 fully saturated rings. The fourth-order valence-corrected chi connectivity index (χ4v) is 1.14. The zero-order valence-electron chi connectivity index (χ0n) is 8.87. The van der Waals surface area contributed by atoms with Crippen LogP contribution in [0.5, 0.6) is 0 Å². The first-order chi connectivity index (χ1) is 6.66. The van der Waals surface area contributed by atoms with Crippen molar-refractivity contribution in [3.8, 4) is 0 Å². The van der Waals surface area contributed by atoms with Gasteiger partial charge in [0.15, 0.2) is 0 Å². The molecule has 0 saturated carbocycles. The highest BCUT2D eigenvalue weighted by molar-refractivity contribution is 5.73. The zero-order valence-corrected chi connectivity index (χ0v) is 8.87. The summed E-state index contributed by atoms with van der Waals surface area (Å²) in [5, 5.41) is 4.03. The molecule has 0 amide bonds. The van der Waals surface area contributed by atoms with Crippen molar-refractivity contribution in [3.63, 3.8) is 0 Å². The van der Waals surface area contributed by atoms with Crippen LogP contribution in [-0.2, 0) is 7.05 Å². The Morgan fingerprint density at radius 2 is 1.93 bits per heavy atom. The van der Waals surface area contributed by atoms with E-state index in [1.807, 2.05) is 13.8 Å². The van der Waals surface area contributed by atoms with Crippen molar-refractivity contribution in [1.82, 2.24) is 14.8 Å². The molecule has 0 bridgehead atoms. The first-order valence-corrected chi connectivity index (χ1v) is 4.63. The minimum absolute atomic E-state index is 0.304. The van der Waals surface area contributed by atoms with Crippen LogP contribution in [0.1, 0.15) is 19.5 Å². The molecule has 2 heterocycles. The van der Waals surface area contributed by atoms with Crippen molar-refractivity contribution in [2.75, 3.05) is 0 Å². The Morgan fingerprint density at radius 3 is 2.57 bits per heavy atom. The SMILES string of the molecule is CC.Cc1nc2cn(C)nc2cc1F. The van der Waals surface area contributed by atoms with Crippen LogP contribution in [-0.4, -0.2) is 14.8 Å². The van der Waals surface area contributed by atoms with Gasteiger partial charge in [0.25, 0.3) is 0 Å². The first-order valence-electron chi connectivity index (χ1n) is 4.63. The highest BCUT2D eigenvalue weighted by Gasteiger charge is 2.04. The summed E-state index contributed by atoms with van der Waals surface area (Å²) < 4.78 is 14.6. The van der Waals surface area contributed by atoms with Crippen LogP contribution >= 0.6 is 0 Å². The van der Waals surface area contributed by atoms with Crippen LogP contribution in [0.3, 0.4) is 0 Å². The van der Waals surface area contributed by atoms with E-state index in [0.29, 0.717) is 11.2 Å². The summed E-state index contributed by atoms with van der Waals surface area (Å²) >= 11 is 0. The third-order valence-corrected chi connectivity index (χ3v) is 1.73. The summed E-state index contributed by atoms with van der Waals surface area (Å²) in [4.78, 5) is 4.04. The van der Waals surface area contributed by atoms with E-state index in [2.05, 4.69) is 10.1 Å². The molecule has 0 unspecified atom stereocenters. The fraction of sp³-hybridized carbons (Fsp3) is 0.400. The molecule has 0 aliphatic heterocycles. The van der Waals surface area contributed by atoms with E-state index in [9.17, 15) is 4.39 Å². The van der Waals surface area contributed by atoms with Crippen LogP contribution in [0.25, 0.3) is 11.0 Å². The summed E-state index contributed by atoms with van der Waals surface area (Å²) in [6.07, 6.45) is 1.77. The number of pyridine rings is 1. The monoisotopic (exact) mass is 195 g/mol. The smallest absolute Gasteiger partial charge is 0.146 e. The highest BCUT2D eigenvalue weighted by atomic mass is 19.1. The molecule has 0 atom stereocenters. The van der Waals surface area contributed by atoms with Crippen LogP contribution in [0.15, 0.2) is 12.3 Å². The molecular weight excluding hydrogens is 181 g/mol. The molecule has 0 spiro atoms. The average Bonchev–Trinajstić information content (AvgIpc) is 2.49. The minimum Gasteiger partial charge on any atom is -0.273 e. The van der Waals surface area contributed by atoms with Crippen molar-refractivity contribution in [3.05, 3.63) is 23.8 Å². The van der Waals surface area contributed by atoms with E-state index >= 15 is 0 Å². The number of aryl methyl sites for hydroxylation is 2. The molecule has 76 valence electrons. The Balaban J connectivity index is 0.000000461. The van der Waals surface area contributed by atoms with E-state index in [-0.39, 0.29) is 5.82 Å². The van der Waals surface area contributed by atoms with E-state index in [4.69, 9.17) is 0 Å². The molecular formula is C10H14FN3. The number of halogens is 1. The van der Waals surface area contributed by atoms with E-state index < -0.39 is 0 Å². The van der Waals surface area contributed by atoms with Crippen LogP contribution < -0.4 is 0 Å². The summed E-state index contributed by atoms with van der Waals surface area (Å²) in [5.41, 5.74) is 1.74. The molecule has 2 rings (SSSR count). The average molecular weight is 195 g/mol. The quantitative estimate of drug-likeness (QED) is 0.646. The maximum Gasteiger partial charge on any atom is 0.146 e. The van der Waals surface area contributed by atoms with Gasteiger partial charge in [0.05, 0.1) is 11.9 Å². The zero-order chi connectivity index (χ0) is 10.7. The number of hydrogen-bond donors (Lipinski definition) is 0. The van der Waals surface area contributed by atoms with Crippen LogP contribution in [0.4, 0.5) is 4.39 Å². The molecule has 14 heavy (non-hydrogen) atoms. The number of nitrogens with zero attached hydrogens (tertiary/aromatic N) is 3. The third kappa shape index (κ3) is 1.89. The van der Waals surface area contributed by atoms with Crippen LogP contribution in [0, 0.1) is 12.7 Å². The lowest BCUT2D eigenvalue weighted by Crippen LogP contribution is -1.87. The van der Waals surface area contributed by atoms with Crippen molar-refractivity contribution in [2.24, 2.45) is 7.05 Å². The highest BCUT2D eigenvalue weighted by Crippen LogP contribution is 2.12. The largest absolute Gasteiger partial charge is 0.273 e. The van der Waals surface area contributed by atoms with E-state index in [1.54, 1.807) is 24.9 Å². The summed E-state index contributed by atoms with van der Waals surface area (Å²) in [6, 6.07) is 1.40. The second kappa shape index (κ2) is 4.17. The fourth-order valence-electron chi connectivity index (χ4n) is 1.14. The van der Waals surface area contributed by atoms with Gasteiger partial charge in [-0.15, -0.1) is 0 Å². The van der Waals surface area contributed by atoms with Gasteiger partial charge in [0.1, 0.15) is 16.9 Å². The summed E-state index contributed by atoms with van der Waals surface area (Å²) in [6.45, 7) is 5.64. The maximum absolute atomic E-state index is 12.9. The topological polar surface area (TPSA) is 30.7 Å². The molecule has 3 nitrogen and oxygen atoms in total. The molecule has 0 aliphatic rings. The Bertz CT molecular complexity index is 395. The van der Waals surface area contributed by atoms with Gasteiger partial charge >= 0.3 is 0 Å². The predicted octanol–water partition coefficient (Wildman–Crippen LogP) is 2.44. The third-order valence-electron chi connectivity index (χ3n) is 1.73. The van der Waals surface area contributed by atoms with Gasteiger partial charge in [-0.25, -0.2) is 9.37 Å². The Hall–Kier alpha value is -1.45. The lowest BCUT2D eigenvalue weighted by molar-refractivity contribution is 0.612. The number of aromatic nitrogens is 3. The Labute approximate surface area is 82.6 Å². The molecule has 2 aromatic heterocycles. The molecule has 0 N–H and O–H groups in total. The lowest BCUT2D eigenvalue weighted by atomic mass is 10.3. The second-order valence-electron chi connectivity index (χ2n) is 2.76. The molecule has 0 aromatic carbocycles. The first kappa shape index (κ1) is 10.6. The van der Waals surface area contributed by atoms with Gasteiger partial charge in [0, 0.05) is 13.1 Å². The van der Waals surface area contributed by atoms with Crippen molar-refractivity contribution >= 4 is 11.0 Å². The molecule has 0 aliphatic carbocycles. The van der Waals surface area contributed by atoms with Crippen molar-refractivity contribution < 1.29 is 4.39 Å². The molecule has 4 heteroatoms. The van der Waals surface area contributed by atoms with E-state index in [1.165, 1.54) is 6.07 Å². The predicted molar refractivity (Wildman–Crippen MR) is 54.6 cm³/mol. The number of fused-ring (bicyclic) bond motifs is 1. The summed E-state index contributed by atoms with van der Waals surface area (Å²) in [7, 11) is 1.79. The van der Waals surface area contributed by atoms with Crippen LogP contribution in [0.2, 0.25) is 0 Å². The van der Waals surface area contributed by atoms with Gasteiger partial charge in [0.2, 0.25) is 0 Å². The standard InChI is InChI=1S/C8H8FN3.C2H6/c1-5-6(9)3-7-8(10-5)4-12(2)11-7;1-2/h3-4H,1-2H3;1-2H3.